The summed E-state index contributed by atoms with van der Waals surface area (Å²) in [5.74, 6) is -0.498. The van der Waals surface area contributed by atoms with Gasteiger partial charge in [-0.3, -0.25) is 9.59 Å². The molecule has 0 aliphatic carbocycles. The lowest BCUT2D eigenvalue weighted by atomic mass is 9.83. The Morgan fingerprint density at radius 3 is 1.54 bits per heavy atom. The van der Waals surface area contributed by atoms with Gasteiger partial charge in [0.25, 0.3) is 0 Å². The zero-order valence-corrected chi connectivity index (χ0v) is 27.3. The van der Waals surface area contributed by atoms with Crippen molar-refractivity contribution in [2.24, 2.45) is 5.73 Å². The van der Waals surface area contributed by atoms with Crippen molar-refractivity contribution in [2.75, 3.05) is 5.32 Å². The zero-order valence-electron chi connectivity index (χ0n) is 26.5. The minimum Gasteiger partial charge on any atom is -0.366 e. The van der Waals surface area contributed by atoms with Crippen LogP contribution < -0.4 is 20.0 Å². The summed E-state index contributed by atoms with van der Waals surface area (Å²) in [5.41, 5.74) is 11.5. The molecule has 1 atom stereocenters. The van der Waals surface area contributed by atoms with E-state index in [1.807, 2.05) is 27.7 Å². The van der Waals surface area contributed by atoms with Crippen LogP contribution in [0.3, 0.4) is 0 Å². The summed E-state index contributed by atoms with van der Waals surface area (Å²) < 4.78 is 34.2. The van der Waals surface area contributed by atoms with Crippen LogP contribution in [0.1, 0.15) is 139 Å². The summed E-state index contributed by atoms with van der Waals surface area (Å²) in [7, 11) is -4.51. The maximum absolute atomic E-state index is 13.2. The van der Waals surface area contributed by atoms with Crippen molar-refractivity contribution in [3.05, 3.63) is 57.6 Å². The minimum atomic E-state index is -4.51. The third-order valence-electron chi connectivity index (χ3n) is 7.09. The lowest BCUT2D eigenvalue weighted by Gasteiger charge is -2.23. The van der Waals surface area contributed by atoms with Crippen LogP contribution in [-0.2, 0) is 26.3 Å². The number of carbonyl (C=O) groups excluding carboxylic acids is 2. The number of rotatable bonds is 12. The lowest BCUT2D eigenvalue weighted by Crippen LogP contribution is -2.36. The fourth-order valence-corrected chi connectivity index (χ4v) is 5.54. The van der Waals surface area contributed by atoms with Crippen molar-refractivity contribution < 1.29 is 22.2 Å². The van der Waals surface area contributed by atoms with Crippen LogP contribution in [-0.4, -0.2) is 26.3 Å². The molecule has 0 heterocycles. The maximum Gasteiger partial charge on any atom is 0.409 e. The molecule has 2 rings (SSSR count). The van der Waals surface area contributed by atoms with Gasteiger partial charge in [-0.2, -0.15) is 8.42 Å². The molecule has 4 N–H and O–H groups in total. The second-order valence-corrected chi connectivity index (χ2v) is 13.7. The van der Waals surface area contributed by atoms with E-state index in [0.29, 0.717) is 22.7 Å². The number of carbonyl (C=O) groups is 2. The molecule has 41 heavy (non-hydrogen) atoms. The summed E-state index contributed by atoms with van der Waals surface area (Å²) >= 11 is 0. The number of amides is 2. The molecule has 0 aliphatic rings. The monoisotopic (exact) mass is 587 g/mol. The SMILES string of the molecule is CC(C)c1cc(C(C)C)c(CC(=O)NS(=O)(=O)Oc2c(C(C)C)cc(NC(=O)[C@@H](C)N)cc2C(C)C)c(C(C)C)c1. The van der Waals surface area contributed by atoms with Crippen molar-refractivity contribution in [1.29, 1.82) is 0 Å². The highest BCUT2D eigenvalue weighted by Gasteiger charge is 2.26. The fourth-order valence-electron chi connectivity index (χ4n) is 4.73. The highest BCUT2D eigenvalue weighted by Crippen LogP contribution is 2.38. The number of hydrogen-bond acceptors (Lipinski definition) is 6. The van der Waals surface area contributed by atoms with Crippen molar-refractivity contribution >= 4 is 27.8 Å². The Morgan fingerprint density at radius 1 is 0.732 bits per heavy atom. The zero-order chi connectivity index (χ0) is 31.4. The molecule has 0 fully saturated rings. The van der Waals surface area contributed by atoms with E-state index in [-0.39, 0.29) is 41.7 Å². The predicted octanol–water partition coefficient (Wildman–Crippen LogP) is 6.57. The van der Waals surface area contributed by atoms with Crippen LogP contribution in [0.4, 0.5) is 5.69 Å². The lowest BCUT2D eigenvalue weighted by molar-refractivity contribution is -0.119. The molecule has 0 aromatic heterocycles. The number of nitrogens with two attached hydrogens (primary N) is 1. The predicted molar refractivity (Wildman–Crippen MR) is 167 cm³/mol. The first kappa shape index (κ1) is 34.3. The van der Waals surface area contributed by atoms with Gasteiger partial charge in [-0.25, -0.2) is 4.72 Å². The third-order valence-corrected chi connectivity index (χ3v) is 7.96. The normalized spacial score (nSPS) is 12.9. The van der Waals surface area contributed by atoms with Crippen LogP contribution >= 0.6 is 0 Å². The van der Waals surface area contributed by atoms with E-state index in [2.05, 4.69) is 63.7 Å². The molecule has 0 bridgehead atoms. The van der Waals surface area contributed by atoms with Crippen LogP contribution in [0.25, 0.3) is 0 Å². The molecule has 2 aromatic carbocycles. The van der Waals surface area contributed by atoms with Gasteiger partial charge >= 0.3 is 10.3 Å². The summed E-state index contributed by atoms with van der Waals surface area (Å²) in [6, 6.07) is 6.92. The minimum absolute atomic E-state index is 0.0850. The van der Waals surface area contributed by atoms with Gasteiger partial charge in [0.15, 0.2) is 5.75 Å². The summed E-state index contributed by atoms with van der Waals surface area (Å²) in [5, 5.41) is 2.78. The van der Waals surface area contributed by atoms with Crippen molar-refractivity contribution in [2.45, 2.75) is 118 Å². The molecule has 0 radical (unpaired) electrons. The van der Waals surface area contributed by atoms with Crippen LogP contribution in [0.2, 0.25) is 0 Å². The molecule has 9 heteroatoms. The van der Waals surface area contributed by atoms with E-state index >= 15 is 0 Å². The summed E-state index contributed by atoms with van der Waals surface area (Å²) in [6.45, 7) is 21.8. The van der Waals surface area contributed by atoms with Crippen LogP contribution in [0.15, 0.2) is 24.3 Å². The summed E-state index contributed by atoms with van der Waals surface area (Å²) in [6.07, 6.45) is -0.0850. The standard InChI is InChI=1S/C32H49N3O5S/c1-17(2)23-12-25(18(3)4)29(26(13-23)19(5)6)16-30(36)35-41(38,39)40-31-27(20(7)8)14-24(15-28(31)21(9)10)34-32(37)22(11)33/h12-15,17-22H,16,33H2,1-11H3,(H,34,37)(H,35,36)/t22-/m1/s1. The van der Waals surface area contributed by atoms with E-state index < -0.39 is 22.3 Å². The molecular formula is C32H49N3O5S. The first-order valence-corrected chi connectivity index (χ1v) is 15.9. The van der Waals surface area contributed by atoms with Gasteiger partial charge in [0.2, 0.25) is 11.8 Å². The molecule has 0 saturated heterocycles. The second-order valence-electron chi connectivity index (χ2n) is 12.5. The summed E-state index contributed by atoms with van der Waals surface area (Å²) in [4.78, 5) is 25.5. The third kappa shape index (κ3) is 9.04. The van der Waals surface area contributed by atoms with E-state index in [0.717, 1.165) is 16.7 Å². The molecule has 0 aliphatic heterocycles. The maximum atomic E-state index is 13.2. The van der Waals surface area contributed by atoms with Crippen molar-refractivity contribution in [1.82, 2.24) is 4.72 Å². The van der Waals surface area contributed by atoms with E-state index in [1.54, 1.807) is 19.1 Å². The van der Waals surface area contributed by atoms with Gasteiger partial charge in [0.05, 0.1) is 12.5 Å². The Bertz CT molecular complexity index is 1300. The molecule has 2 amide bonds. The van der Waals surface area contributed by atoms with Crippen LogP contribution in [0.5, 0.6) is 5.75 Å². The Kier molecular flexibility index (Phi) is 11.6. The topological polar surface area (TPSA) is 128 Å². The molecular weight excluding hydrogens is 538 g/mol. The first-order chi connectivity index (χ1) is 18.8. The first-order valence-electron chi connectivity index (χ1n) is 14.5. The second kappa shape index (κ2) is 13.8. The molecule has 0 spiro atoms. The van der Waals surface area contributed by atoms with E-state index in [1.165, 1.54) is 5.56 Å². The van der Waals surface area contributed by atoms with Gasteiger partial charge in [-0.15, -0.1) is 0 Å². The largest absolute Gasteiger partial charge is 0.409 e. The Labute approximate surface area is 247 Å². The molecule has 2 aromatic rings. The average molecular weight is 588 g/mol. The van der Waals surface area contributed by atoms with Crippen molar-refractivity contribution in [3.8, 4) is 5.75 Å². The van der Waals surface area contributed by atoms with Gasteiger partial charge in [-0.1, -0.05) is 81.4 Å². The average Bonchev–Trinajstić information content (AvgIpc) is 2.83. The highest BCUT2D eigenvalue weighted by atomic mass is 32.2. The number of nitrogens with one attached hydrogen (secondary N) is 2. The van der Waals surface area contributed by atoms with Gasteiger partial charge < -0.3 is 15.2 Å². The molecule has 0 unspecified atom stereocenters. The molecule has 228 valence electrons. The number of hydrogen-bond donors (Lipinski definition) is 3. The van der Waals surface area contributed by atoms with Gasteiger partial charge in [0, 0.05) is 16.8 Å². The van der Waals surface area contributed by atoms with Gasteiger partial charge in [-0.05, 0) is 70.9 Å². The molecule has 0 saturated carbocycles. The van der Waals surface area contributed by atoms with E-state index in [9.17, 15) is 18.0 Å². The number of benzene rings is 2. The van der Waals surface area contributed by atoms with Crippen molar-refractivity contribution in [3.63, 3.8) is 0 Å². The van der Waals surface area contributed by atoms with Gasteiger partial charge in [0.1, 0.15) is 0 Å². The fraction of sp³-hybridized carbons (Fsp3) is 0.562. The highest BCUT2D eigenvalue weighted by molar-refractivity contribution is 7.85. The Balaban J connectivity index is 2.47. The number of anilines is 1. The Hall–Kier alpha value is -2.91. The molecule has 8 nitrogen and oxygen atoms in total. The van der Waals surface area contributed by atoms with Crippen LogP contribution in [0, 0.1) is 0 Å². The quantitative estimate of drug-likeness (QED) is 0.258. The Morgan fingerprint density at radius 2 is 1.17 bits per heavy atom. The smallest absolute Gasteiger partial charge is 0.366 e. The van der Waals surface area contributed by atoms with E-state index in [4.69, 9.17) is 9.92 Å².